The minimum atomic E-state index is -0.354. The van der Waals surface area contributed by atoms with Crippen molar-refractivity contribution < 1.29 is 14.3 Å². The zero-order chi connectivity index (χ0) is 22.3. The van der Waals surface area contributed by atoms with Gasteiger partial charge in [0.25, 0.3) is 5.91 Å². The Hall–Kier alpha value is -3.87. The lowest BCUT2D eigenvalue weighted by Gasteiger charge is -2.35. The normalized spacial score (nSPS) is 14.5. The summed E-state index contributed by atoms with van der Waals surface area (Å²) in [5.74, 6) is 0.606. The first-order valence-corrected chi connectivity index (χ1v) is 10.6. The van der Waals surface area contributed by atoms with Crippen LogP contribution in [0.5, 0.6) is 5.75 Å². The monoisotopic (exact) mass is 430 g/mol. The summed E-state index contributed by atoms with van der Waals surface area (Å²) in [6.45, 7) is 1.84. The fraction of sp³-hybridized carbons (Fsp3) is 0.240. The van der Waals surface area contributed by atoms with Gasteiger partial charge in [0, 0.05) is 37.9 Å². The van der Waals surface area contributed by atoms with E-state index in [1.807, 2.05) is 54.6 Å². The summed E-state index contributed by atoms with van der Waals surface area (Å²) in [5, 5.41) is 3.16. The maximum Gasteiger partial charge on any atom is 0.318 e. The number of urea groups is 1. The average molecular weight is 431 g/mol. The number of aromatic nitrogens is 1. The standard InChI is InChI=1S/C25H26N4O3/c1-32-22-13-6-5-11-20(22)23(19-9-3-2-4-10-19)27-25(31)29-17-15-28(16-18-29)24(30)21-12-7-8-14-26-21/h2-14,23H,15-18H2,1H3,(H,27,31). The molecule has 7 nitrogen and oxygen atoms in total. The molecule has 0 aliphatic carbocycles. The molecule has 32 heavy (non-hydrogen) atoms. The van der Waals surface area contributed by atoms with Crippen LogP contribution in [0.1, 0.15) is 27.7 Å². The number of pyridine rings is 1. The van der Waals surface area contributed by atoms with Crippen molar-refractivity contribution in [1.82, 2.24) is 20.1 Å². The van der Waals surface area contributed by atoms with E-state index in [2.05, 4.69) is 10.3 Å². The first-order chi connectivity index (χ1) is 15.7. The summed E-state index contributed by atoms with van der Waals surface area (Å²) in [4.78, 5) is 33.4. The molecule has 164 valence electrons. The molecule has 1 N–H and O–H groups in total. The number of piperazine rings is 1. The number of methoxy groups -OCH3 is 1. The fourth-order valence-corrected chi connectivity index (χ4v) is 3.87. The topological polar surface area (TPSA) is 74.8 Å². The van der Waals surface area contributed by atoms with Crippen LogP contribution in [-0.4, -0.2) is 60.0 Å². The van der Waals surface area contributed by atoms with Gasteiger partial charge in [-0.2, -0.15) is 0 Å². The Kier molecular flexibility index (Phi) is 6.65. The molecule has 1 saturated heterocycles. The van der Waals surface area contributed by atoms with Crippen LogP contribution in [-0.2, 0) is 0 Å². The summed E-state index contributed by atoms with van der Waals surface area (Å²) >= 11 is 0. The fourth-order valence-electron chi connectivity index (χ4n) is 3.87. The largest absolute Gasteiger partial charge is 0.496 e. The highest BCUT2D eigenvalue weighted by molar-refractivity contribution is 5.92. The molecule has 3 aromatic rings. The second-order valence-corrected chi connectivity index (χ2v) is 7.53. The number of rotatable bonds is 5. The number of benzene rings is 2. The van der Waals surface area contributed by atoms with E-state index in [9.17, 15) is 9.59 Å². The van der Waals surface area contributed by atoms with Gasteiger partial charge in [0.1, 0.15) is 11.4 Å². The van der Waals surface area contributed by atoms with E-state index >= 15 is 0 Å². The highest BCUT2D eigenvalue weighted by atomic mass is 16.5. The van der Waals surface area contributed by atoms with E-state index in [0.717, 1.165) is 11.1 Å². The first-order valence-electron chi connectivity index (χ1n) is 10.6. The summed E-state index contributed by atoms with van der Waals surface area (Å²) < 4.78 is 5.54. The molecule has 4 rings (SSSR count). The number of carbonyl (C=O) groups is 2. The van der Waals surface area contributed by atoms with Crippen LogP contribution in [0.15, 0.2) is 79.0 Å². The molecule has 1 aromatic heterocycles. The molecule has 0 saturated carbocycles. The molecule has 2 heterocycles. The van der Waals surface area contributed by atoms with Gasteiger partial charge in [0.15, 0.2) is 0 Å². The molecule has 0 radical (unpaired) electrons. The van der Waals surface area contributed by atoms with Crippen LogP contribution in [0.2, 0.25) is 0 Å². The molecule has 0 bridgehead atoms. The van der Waals surface area contributed by atoms with E-state index < -0.39 is 0 Å². The van der Waals surface area contributed by atoms with Gasteiger partial charge in [-0.05, 0) is 23.8 Å². The van der Waals surface area contributed by atoms with Crippen LogP contribution in [0.25, 0.3) is 0 Å². The minimum absolute atomic E-state index is 0.109. The Morgan fingerprint density at radius 2 is 1.53 bits per heavy atom. The Labute approximate surface area is 187 Å². The van der Waals surface area contributed by atoms with E-state index in [1.165, 1.54) is 0 Å². The lowest BCUT2D eigenvalue weighted by atomic mass is 9.98. The Morgan fingerprint density at radius 1 is 0.875 bits per heavy atom. The third-order valence-corrected chi connectivity index (χ3v) is 5.59. The molecule has 1 unspecified atom stereocenters. The number of nitrogens with one attached hydrogen (secondary N) is 1. The van der Waals surface area contributed by atoms with Gasteiger partial charge in [-0.15, -0.1) is 0 Å². The number of para-hydroxylation sites is 1. The quantitative estimate of drug-likeness (QED) is 0.674. The molecular formula is C25H26N4O3. The predicted molar refractivity (Wildman–Crippen MR) is 122 cm³/mol. The zero-order valence-corrected chi connectivity index (χ0v) is 18.0. The summed E-state index contributed by atoms with van der Waals surface area (Å²) in [6.07, 6.45) is 1.61. The van der Waals surface area contributed by atoms with Crippen molar-refractivity contribution in [2.75, 3.05) is 33.3 Å². The SMILES string of the molecule is COc1ccccc1C(NC(=O)N1CCN(C(=O)c2ccccn2)CC1)c1ccccc1. The van der Waals surface area contributed by atoms with Gasteiger partial charge in [0.05, 0.1) is 13.2 Å². The molecule has 1 aliphatic heterocycles. The van der Waals surface area contributed by atoms with Gasteiger partial charge in [-0.25, -0.2) is 4.79 Å². The minimum Gasteiger partial charge on any atom is -0.496 e. The lowest BCUT2D eigenvalue weighted by molar-refractivity contribution is 0.0658. The van der Waals surface area contributed by atoms with Crippen molar-refractivity contribution in [3.05, 3.63) is 95.8 Å². The van der Waals surface area contributed by atoms with Crippen LogP contribution in [0.3, 0.4) is 0 Å². The van der Waals surface area contributed by atoms with Crippen LogP contribution < -0.4 is 10.1 Å². The zero-order valence-electron chi connectivity index (χ0n) is 18.0. The summed E-state index contributed by atoms with van der Waals surface area (Å²) in [6, 6.07) is 22.3. The van der Waals surface area contributed by atoms with Gasteiger partial charge in [-0.3, -0.25) is 9.78 Å². The van der Waals surface area contributed by atoms with Crippen molar-refractivity contribution >= 4 is 11.9 Å². The van der Waals surface area contributed by atoms with Crippen molar-refractivity contribution in [2.24, 2.45) is 0 Å². The highest BCUT2D eigenvalue weighted by Crippen LogP contribution is 2.30. The van der Waals surface area contributed by atoms with E-state index in [-0.39, 0.29) is 18.0 Å². The van der Waals surface area contributed by atoms with Crippen LogP contribution in [0, 0.1) is 0 Å². The Morgan fingerprint density at radius 3 is 2.22 bits per heavy atom. The lowest BCUT2D eigenvalue weighted by Crippen LogP contribution is -2.53. The van der Waals surface area contributed by atoms with Crippen molar-refractivity contribution in [1.29, 1.82) is 0 Å². The maximum absolute atomic E-state index is 13.2. The van der Waals surface area contributed by atoms with Gasteiger partial charge >= 0.3 is 6.03 Å². The second kappa shape index (κ2) is 9.96. The third kappa shape index (κ3) is 4.72. The van der Waals surface area contributed by atoms with Gasteiger partial charge < -0.3 is 19.9 Å². The number of nitrogens with zero attached hydrogens (tertiary/aromatic N) is 3. The van der Waals surface area contributed by atoms with Crippen LogP contribution in [0.4, 0.5) is 4.79 Å². The molecule has 2 aromatic carbocycles. The maximum atomic E-state index is 13.2. The molecule has 3 amide bonds. The molecule has 1 atom stereocenters. The number of carbonyl (C=O) groups excluding carboxylic acids is 2. The molecule has 1 fully saturated rings. The molecule has 7 heteroatoms. The molecular weight excluding hydrogens is 404 g/mol. The number of hydrogen-bond donors (Lipinski definition) is 1. The van der Waals surface area contributed by atoms with E-state index in [0.29, 0.717) is 37.6 Å². The molecule has 0 spiro atoms. The Bertz CT molecular complexity index is 1050. The first kappa shape index (κ1) is 21.4. The van der Waals surface area contributed by atoms with Crippen LogP contribution >= 0.6 is 0 Å². The number of hydrogen-bond acceptors (Lipinski definition) is 4. The second-order valence-electron chi connectivity index (χ2n) is 7.53. The highest BCUT2D eigenvalue weighted by Gasteiger charge is 2.28. The number of ether oxygens (including phenoxy) is 1. The average Bonchev–Trinajstić information content (AvgIpc) is 2.88. The summed E-state index contributed by atoms with van der Waals surface area (Å²) in [7, 11) is 1.63. The van der Waals surface area contributed by atoms with E-state index in [1.54, 1.807) is 41.3 Å². The van der Waals surface area contributed by atoms with E-state index in [4.69, 9.17) is 4.74 Å². The van der Waals surface area contributed by atoms with Gasteiger partial charge in [0.2, 0.25) is 0 Å². The third-order valence-electron chi connectivity index (χ3n) is 5.59. The van der Waals surface area contributed by atoms with Crippen molar-refractivity contribution in [3.63, 3.8) is 0 Å². The predicted octanol–water partition coefficient (Wildman–Crippen LogP) is 3.35. The smallest absolute Gasteiger partial charge is 0.318 e. The van der Waals surface area contributed by atoms with Gasteiger partial charge in [-0.1, -0.05) is 54.6 Å². The van der Waals surface area contributed by atoms with Crippen molar-refractivity contribution in [3.8, 4) is 5.75 Å². The number of amides is 3. The molecule has 1 aliphatic rings. The Balaban J connectivity index is 1.46. The van der Waals surface area contributed by atoms with Crippen molar-refractivity contribution in [2.45, 2.75) is 6.04 Å². The summed E-state index contributed by atoms with van der Waals surface area (Å²) in [5.41, 5.74) is 2.28.